The summed E-state index contributed by atoms with van der Waals surface area (Å²) >= 11 is 1.27. The van der Waals surface area contributed by atoms with E-state index in [-0.39, 0.29) is 24.0 Å². The third-order valence-electron chi connectivity index (χ3n) is 6.68. The van der Waals surface area contributed by atoms with Crippen LogP contribution < -0.4 is 9.64 Å². The van der Waals surface area contributed by atoms with Crippen LogP contribution in [-0.4, -0.2) is 56.1 Å². The quantitative estimate of drug-likeness (QED) is 0.202. The van der Waals surface area contributed by atoms with E-state index in [2.05, 4.69) is 26.7 Å². The number of carbonyl (C=O) groups excluding carboxylic acids is 1. The molecular weight excluding hydrogens is 595 g/mol. The zero-order valence-corrected chi connectivity index (χ0v) is 24.8. The second-order valence-electron chi connectivity index (χ2n) is 10.0. The van der Waals surface area contributed by atoms with Crippen molar-refractivity contribution in [3.05, 3.63) is 89.7 Å². The number of anilines is 1. The summed E-state index contributed by atoms with van der Waals surface area (Å²) in [5, 5.41) is 15.3. The highest BCUT2D eigenvalue weighted by atomic mass is 32.2. The Labute approximate surface area is 256 Å². The van der Waals surface area contributed by atoms with Crippen molar-refractivity contribution in [3.8, 4) is 22.8 Å². The summed E-state index contributed by atoms with van der Waals surface area (Å²) < 4.78 is 48.1. The normalized spacial score (nSPS) is 15.3. The number of aromatic nitrogens is 3. The Morgan fingerprint density at radius 3 is 2.52 bits per heavy atom. The molecule has 4 aromatic rings. The fourth-order valence-corrected chi connectivity index (χ4v) is 5.49. The molecule has 1 atom stereocenters. The predicted molar refractivity (Wildman–Crippen MR) is 162 cm³/mol. The number of hydrogen-bond acceptors (Lipinski definition) is 8. The van der Waals surface area contributed by atoms with E-state index < -0.39 is 12.8 Å². The van der Waals surface area contributed by atoms with Gasteiger partial charge in [0.15, 0.2) is 11.0 Å². The third kappa shape index (κ3) is 7.84. The van der Waals surface area contributed by atoms with E-state index in [1.807, 2.05) is 49.4 Å². The maximum atomic E-state index is 12.7. The van der Waals surface area contributed by atoms with Gasteiger partial charge in [0.1, 0.15) is 12.1 Å². The lowest BCUT2D eigenvalue weighted by atomic mass is 10.0. The Balaban J connectivity index is 1.16. The molecule has 1 aromatic heterocycles. The number of hydrogen-bond donors (Lipinski definition) is 1. The topological polar surface area (TPSA) is 102 Å². The van der Waals surface area contributed by atoms with Gasteiger partial charge in [-0.3, -0.25) is 9.69 Å². The smallest absolute Gasteiger partial charge is 0.406 e. The molecule has 0 bridgehead atoms. The van der Waals surface area contributed by atoms with Crippen LogP contribution in [0.15, 0.2) is 78.0 Å². The average Bonchev–Trinajstić information content (AvgIpc) is 3.61. The molecule has 0 aliphatic carbocycles. The summed E-state index contributed by atoms with van der Waals surface area (Å²) in [6, 6.07) is 18.8. The minimum atomic E-state index is -4.76. The Morgan fingerprint density at radius 1 is 1.07 bits per heavy atom. The van der Waals surface area contributed by atoms with Crippen molar-refractivity contribution in [3.63, 3.8) is 0 Å². The van der Waals surface area contributed by atoms with Crippen LogP contribution in [0.3, 0.4) is 0 Å². The van der Waals surface area contributed by atoms with Crippen LogP contribution >= 0.6 is 11.8 Å². The first-order valence-electron chi connectivity index (χ1n) is 13.9. The van der Waals surface area contributed by atoms with Crippen molar-refractivity contribution in [1.29, 1.82) is 0 Å². The van der Waals surface area contributed by atoms with Crippen LogP contribution in [0, 0.1) is 6.92 Å². The molecule has 3 aromatic carbocycles. The molecule has 1 N–H and O–H groups in total. The number of benzene rings is 3. The van der Waals surface area contributed by atoms with Crippen LogP contribution in [0.2, 0.25) is 0 Å². The van der Waals surface area contributed by atoms with Crippen molar-refractivity contribution in [1.82, 2.24) is 14.8 Å². The van der Waals surface area contributed by atoms with Crippen LogP contribution in [0.5, 0.6) is 5.75 Å². The summed E-state index contributed by atoms with van der Waals surface area (Å²) in [4.78, 5) is 22.9. The molecule has 1 aliphatic heterocycles. The van der Waals surface area contributed by atoms with E-state index in [0.29, 0.717) is 23.1 Å². The van der Waals surface area contributed by atoms with Gasteiger partial charge in [-0.15, -0.1) is 18.3 Å². The molecule has 1 unspecified atom stereocenters. The van der Waals surface area contributed by atoms with E-state index in [1.165, 1.54) is 47.0 Å². The zero-order chi connectivity index (χ0) is 31.3. The minimum absolute atomic E-state index is 0.0863. The summed E-state index contributed by atoms with van der Waals surface area (Å²) in [6.07, 6.45) is -2.44. The van der Waals surface area contributed by atoms with Crippen molar-refractivity contribution in [2.75, 3.05) is 17.3 Å². The van der Waals surface area contributed by atoms with Crippen molar-refractivity contribution >= 4 is 28.5 Å². The van der Waals surface area contributed by atoms with E-state index in [4.69, 9.17) is 4.74 Å². The van der Waals surface area contributed by atoms with E-state index in [9.17, 15) is 23.1 Å². The molecule has 44 heavy (non-hydrogen) atoms. The molecule has 5 rings (SSSR count). The standard InChI is InChI=1S/C31H30F3N5O4S/c1-3-4-22-8-5-20(2)17-26(22)39-27(40)18-44-29(39)36-30(41)42-16-15-21-6-9-23(10-7-21)28-35-19-38(37-28)24-11-13-25(14-12-24)43-31(32,33)34/h5-14,17,19,30,41H,3-4,15-16,18H2,1-2H3/b36-29-. The molecule has 1 aliphatic rings. The molecular formula is C31H30F3N5O4S. The van der Waals surface area contributed by atoms with Gasteiger partial charge in [0.2, 0.25) is 5.91 Å². The number of aliphatic imine (C=N–C) groups is 1. The van der Waals surface area contributed by atoms with Crippen LogP contribution in [-0.2, 0) is 22.4 Å². The van der Waals surface area contributed by atoms with Crippen LogP contribution in [0.1, 0.15) is 30.0 Å². The predicted octanol–water partition coefficient (Wildman–Crippen LogP) is 6.06. The molecule has 1 saturated heterocycles. The van der Waals surface area contributed by atoms with Crippen LogP contribution in [0.25, 0.3) is 17.1 Å². The van der Waals surface area contributed by atoms with Gasteiger partial charge in [-0.05, 0) is 66.8 Å². The average molecular weight is 626 g/mol. The number of rotatable bonds is 11. The van der Waals surface area contributed by atoms with Crippen LogP contribution in [0.4, 0.5) is 18.9 Å². The maximum Gasteiger partial charge on any atom is 0.573 e. The molecule has 1 amide bonds. The third-order valence-corrected chi connectivity index (χ3v) is 7.62. The number of aliphatic hydroxyl groups excluding tert-OH is 1. The van der Waals surface area contributed by atoms with Gasteiger partial charge in [0, 0.05) is 5.56 Å². The van der Waals surface area contributed by atoms with E-state index in [1.54, 1.807) is 4.90 Å². The zero-order valence-electron chi connectivity index (χ0n) is 24.0. The lowest BCUT2D eigenvalue weighted by Gasteiger charge is -2.21. The van der Waals surface area contributed by atoms with Gasteiger partial charge in [0.05, 0.1) is 23.7 Å². The molecule has 230 valence electrons. The highest BCUT2D eigenvalue weighted by Crippen LogP contribution is 2.32. The second-order valence-corrected chi connectivity index (χ2v) is 11.0. The highest BCUT2D eigenvalue weighted by molar-refractivity contribution is 8.15. The summed E-state index contributed by atoms with van der Waals surface area (Å²) in [7, 11) is 0. The molecule has 0 radical (unpaired) electrons. The fraction of sp³-hybridized carbons (Fsp3) is 0.290. The summed E-state index contributed by atoms with van der Waals surface area (Å²) in [6.45, 7) is 4.25. The number of ether oxygens (including phenoxy) is 2. The number of amides is 1. The molecule has 0 spiro atoms. The molecule has 13 heteroatoms. The highest BCUT2D eigenvalue weighted by Gasteiger charge is 2.32. The van der Waals surface area contributed by atoms with E-state index >= 15 is 0 Å². The SMILES string of the molecule is CCCc1ccc(C)cc1N1C(=O)CS/C1=N\C(O)OCCc1ccc(-c2ncn(-c3ccc(OC(F)(F)F)cc3)n2)cc1. The number of amidine groups is 1. The Bertz CT molecular complexity index is 1620. The monoisotopic (exact) mass is 625 g/mol. The van der Waals surface area contributed by atoms with Gasteiger partial charge in [0.25, 0.3) is 6.41 Å². The van der Waals surface area contributed by atoms with Gasteiger partial charge < -0.3 is 14.6 Å². The molecule has 9 nitrogen and oxygen atoms in total. The van der Waals surface area contributed by atoms with Gasteiger partial charge >= 0.3 is 6.36 Å². The Hall–Kier alpha value is -4.20. The molecule has 1 fully saturated rings. The number of thioether (sulfide) groups is 1. The number of carbonyl (C=O) groups is 1. The van der Waals surface area contributed by atoms with Crippen molar-refractivity contribution in [2.24, 2.45) is 4.99 Å². The lowest BCUT2D eigenvalue weighted by molar-refractivity contribution is -0.274. The second kappa shape index (κ2) is 13.6. The fourth-order valence-electron chi connectivity index (χ4n) is 4.61. The number of nitrogens with zero attached hydrogens (tertiary/aromatic N) is 5. The van der Waals surface area contributed by atoms with Crippen molar-refractivity contribution < 1.29 is 32.5 Å². The number of alkyl halides is 3. The Morgan fingerprint density at radius 2 is 1.82 bits per heavy atom. The first-order chi connectivity index (χ1) is 21.1. The molecule has 2 heterocycles. The summed E-state index contributed by atoms with van der Waals surface area (Å²) in [5.74, 6) is 0.280. The van der Waals surface area contributed by atoms with Gasteiger partial charge in [-0.25, -0.2) is 14.7 Å². The van der Waals surface area contributed by atoms with Gasteiger partial charge in [-0.2, -0.15) is 0 Å². The maximum absolute atomic E-state index is 12.7. The molecule has 0 saturated carbocycles. The number of halogens is 3. The number of aliphatic hydroxyl groups is 1. The largest absolute Gasteiger partial charge is 0.573 e. The first-order valence-corrected chi connectivity index (χ1v) is 14.9. The van der Waals surface area contributed by atoms with Gasteiger partial charge in [-0.1, -0.05) is 61.5 Å². The summed E-state index contributed by atoms with van der Waals surface area (Å²) in [5.41, 5.74) is 5.10. The van der Waals surface area contributed by atoms with Crippen molar-refractivity contribution in [2.45, 2.75) is 45.9 Å². The minimum Gasteiger partial charge on any atom is -0.406 e. The number of aryl methyl sites for hydroxylation is 2. The lowest BCUT2D eigenvalue weighted by Crippen LogP contribution is -2.31. The first kappa shape index (κ1) is 31.2. The van der Waals surface area contributed by atoms with E-state index in [0.717, 1.165) is 40.8 Å². The Kier molecular flexibility index (Phi) is 9.67.